The predicted octanol–water partition coefficient (Wildman–Crippen LogP) is 2.69. The molecule has 2 saturated heterocycles. The number of rotatable bonds is 5. The highest BCUT2D eigenvalue weighted by Gasteiger charge is 2.33. The Morgan fingerprint density at radius 1 is 1.42 bits per heavy atom. The van der Waals surface area contributed by atoms with Crippen LogP contribution in [0.5, 0.6) is 0 Å². The zero-order valence-corrected chi connectivity index (χ0v) is 16.1. The fourth-order valence-corrected chi connectivity index (χ4v) is 3.61. The van der Waals surface area contributed by atoms with Gasteiger partial charge >= 0.3 is 0 Å². The van der Waals surface area contributed by atoms with Gasteiger partial charge in [0.05, 0.1) is 19.8 Å². The number of piperidine rings is 1. The molecule has 1 aromatic rings. The highest BCUT2D eigenvalue weighted by atomic mass is 19.1. The van der Waals surface area contributed by atoms with E-state index in [1.807, 2.05) is 13.0 Å². The van der Waals surface area contributed by atoms with Crippen molar-refractivity contribution in [1.82, 2.24) is 10.6 Å². The molecule has 0 aromatic heterocycles. The van der Waals surface area contributed by atoms with Crippen LogP contribution in [0.4, 0.5) is 10.1 Å². The summed E-state index contributed by atoms with van der Waals surface area (Å²) >= 11 is 0. The molecular formula is C20H31FN4O. The van der Waals surface area contributed by atoms with Crippen molar-refractivity contribution in [2.45, 2.75) is 39.7 Å². The average Bonchev–Trinajstić information content (AvgIpc) is 2.58. The van der Waals surface area contributed by atoms with E-state index in [0.717, 1.165) is 69.4 Å². The predicted molar refractivity (Wildman–Crippen MR) is 104 cm³/mol. The fraction of sp³-hybridized carbons (Fsp3) is 0.650. The SMILES string of the molecule is CCNC(=NCC1(C)COC1)NC1CCCN(c2ccc(F)cc2C)C1. The summed E-state index contributed by atoms with van der Waals surface area (Å²) in [5.41, 5.74) is 2.29. The second-order valence-electron chi connectivity index (χ2n) is 7.86. The lowest BCUT2D eigenvalue weighted by molar-refractivity contribution is -0.0945. The Hall–Kier alpha value is -1.82. The van der Waals surface area contributed by atoms with Crippen molar-refractivity contribution in [2.24, 2.45) is 10.4 Å². The standard InChI is InChI=1S/C20H31FN4O/c1-4-22-19(23-12-20(3)13-26-14-20)24-17-6-5-9-25(11-17)18-8-7-16(21)10-15(18)2/h7-8,10,17H,4-6,9,11-14H2,1-3H3,(H2,22,23,24). The molecule has 26 heavy (non-hydrogen) atoms. The van der Waals surface area contributed by atoms with Crippen molar-refractivity contribution in [1.29, 1.82) is 0 Å². The van der Waals surface area contributed by atoms with Crippen LogP contribution in [0, 0.1) is 18.2 Å². The van der Waals surface area contributed by atoms with Crippen molar-refractivity contribution in [3.8, 4) is 0 Å². The molecule has 0 spiro atoms. The molecule has 144 valence electrons. The molecular weight excluding hydrogens is 331 g/mol. The van der Waals surface area contributed by atoms with E-state index in [1.165, 1.54) is 0 Å². The third-order valence-electron chi connectivity index (χ3n) is 5.13. The molecule has 1 atom stereocenters. The molecule has 0 radical (unpaired) electrons. The van der Waals surface area contributed by atoms with Crippen molar-refractivity contribution in [2.75, 3.05) is 44.3 Å². The molecule has 3 rings (SSSR count). The summed E-state index contributed by atoms with van der Waals surface area (Å²) in [4.78, 5) is 7.12. The van der Waals surface area contributed by atoms with Crippen molar-refractivity contribution < 1.29 is 9.13 Å². The Morgan fingerprint density at radius 3 is 2.88 bits per heavy atom. The van der Waals surface area contributed by atoms with Gasteiger partial charge in [0.2, 0.25) is 0 Å². The van der Waals surface area contributed by atoms with Gasteiger partial charge in [-0.05, 0) is 50.5 Å². The van der Waals surface area contributed by atoms with Crippen LogP contribution in [0.15, 0.2) is 23.2 Å². The van der Waals surface area contributed by atoms with Crippen molar-refractivity contribution in [3.63, 3.8) is 0 Å². The molecule has 2 N–H and O–H groups in total. The van der Waals surface area contributed by atoms with Crippen LogP contribution in [0.2, 0.25) is 0 Å². The number of nitrogens with one attached hydrogen (secondary N) is 2. The van der Waals surface area contributed by atoms with Crippen molar-refractivity contribution in [3.05, 3.63) is 29.6 Å². The summed E-state index contributed by atoms with van der Waals surface area (Å²) in [5.74, 6) is 0.705. The number of halogens is 1. The number of ether oxygens (including phenoxy) is 1. The highest BCUT2D eigenvalue weighted by Crippen LogP contribution is 2.27. The van der Waals surface area contributed by atoms with E-state index in [0.29, 0.717) is 6.04 Å². The number of hydrogen-bond donors (Lipinski definition) is 2. The first-order valence-corrected chi connectivity index (χ1v) is 9.63. The minimum absolute atomic E-state index is 0.173. The smallest absolute Gasteiger partial charge is 0.191 e. The third-order valence-corrected chi connectivity index (χ3v) is 5.13. The molecule has 0 bridgehead atoms. The van der Waals surface area contributed by atoms with Gasteiger partial charge in [-0.3, -0.25) is 4.99 Å². The number of aryl methyl sites for hydroxylation is 1. The Labute approximate surface area is 156 Å². The summed E-state index contributed by atoms with van der Waals surface area (Å²) in [6.07, 6.45) is 2.22. The minimum Gasteiger partial charge on any atom is -0.380 e. The average molecular weight is 362 g/mol. The normalized spacial score (nSPS) is 22.7. The molecule has 2 aliphatic rings. The summed E-state index contributed by atoms with van der Waals surface area (Å²) < 4.78 is 18.7. The number of benzene rings is 1. The second kappa shape index (κ2) is 8.25. The Morgan fingerprint density at radius 2 is 2.23 bits per heavy atom. The van der Waals surface area contributed by atoms with Crippen LogP contribution >= 0.6 is 0 Å². The largest absolute Gasteiger partial charge is 0.380 e. The fourth-order valence-electron chi connectivity index (χ4n) is 3.61. The summed E-state index contributed by atoms with van der Waals surface area (Å²) in [6, 6.07) is 5.38. The number of hydrogen-bond acceptors (Lipinski definition) is 3. The molecule has 1 aromatic carbocycles. The lowest BCUT2D eigenvalue weighted by Gasteiger charge is -2.38. The van der Waals surface area contributed by atoms with E-state index >= 15 is 0 Å². The van der Waals surface area contributed by atoms with Crippen LogP contribution in [0.3, 0.4) is 0 Å². The van der Waals surface area contributed by atoms with Gasteiger partial charge < -0.3 is 20.3 Å². The van der Waals surface area contributed by atoms with Gasteiger partial charge in [-0.2, -0.15) is 0 Å². The zero-order chi connectivity index (χ0) is 18.6. The number of nitrogens with zero attached hydrogens (tertiary/aromatic N) is 2. The molecule has 6 heteroatoms. The molecule has 0 amide bonds. The molecule has 2 aliphatic heterocycles. The first kappa shape index (κ1) is 19.0. The van der Waals surface area contributed by atoms with Crippen LogP contribution in [-0.2, 0) is 4.74 Å². The lowest BCUT2D eigenvalue weighted by atomic mass is 9.89. The van der Waals surface area contributed by atoms with E-state index in [4.69, 9.17) is 9.73 Å². The quantitative estimate of drug-likeness (QED) is 0.625. The van der Waals surface area contributed by atoms with E-state index < -0.39 is 0 Å². The molecule has 5 nitrogen and oxygen atoms in total. The van der Waals surface area contributed by atoms with Gasteiger partial charge in [0.15, 0.2) is 5.96 Å². The summed E-state index contributed by atoms with van der Waals surface area (Å²) in [6.45, 7) is 11.4. The van der Waals surface area contributed by atoms with Gasteiger partial charge in [0.1, 0.15) is 5.82 Å². The monoisotopic (exact) mass is 362 g/mol. The third kappa shape index (κ3) is 4.67. The van der Waals surface area contributed by atoms with Crippen LogP contribution in [0.1, 0.15) is 32.3 Å². The minimum atomic E-state index is -0.173. The topological polar surface area (TPSA) is 48.9 Å². The van der Waals surface area contributed by atoms with Crippen LogP contribution < -0.4 is 15.5 Å². The Bertz CT molecular complexity index is 645. The van der Waals surface area contributed by atoms with Gasteiger partial charge in [-0.15, -0.1) is 0 Å². The number of aliphatic imine (C=N–C) groups is 1. The molecule has 0 saturated carbocycles. The van der Waals surface area contributed by atoms with E-state index in [-0.39, 0.29) is 11.2 Å². The maximum Gasteiger partial charge on any atom is 0.191 e. The molecule has 0 aliphatic carbocycles. The lowest BCUT2D eigenvalue weighted by Crippen LogP contribution is -2.52. The van der Waals surface area contributed by atoms with Crippen LogP contribution in [-0.4, -0.2) is 51.4 Å². The first-order chi connectivity index (χ1) is 12.5. The van der Waals surface area contributed by atoms with Gasteiger partial charge in [-0.1, -0.05) is 6.92 Å². The molecule has 2 fully saturated rings. The zero-order valence-electron chi connectivity index (χ0n) is 16.1. The van der Waals surface area contributed by atoms with E-state index in [2.05, 4.69) is 29.4 Å². The summed E-state index contributed by atoms with van der Waals surface area (Å²) in [5, 5.41) is 6.94. The van der Waals surface area contributed by atoms with Gasteiger partial charge in [-0.25, -0.2) is 4.39 Å². The Balaban J connectivity index is 1.62. The Kier molecular flexibility index (Phi) is 6.01. The van der Waals surface area contributed by atoms with Crippen molar-refractivity contribution >= 4 is 11.6 Å². The maximum atomic E-state index is 13.4. The summed E-state index contributed by atoms with van der Waals surface area (Å²) in [7, 11) is 0. The molecule has 2 heterocycles. The van der Waals surface area contributed by atoms with E-state index in [9.17, 15) is 4.39 Å². The van der Waals surface area contributed by atoms with E-state index in [1.54, 1.807) is 12.1 Å². The maximum absolute atomic E-state index is 13.4. The van der Waals surface area contributed by atoms with Gasteiger partial charge in [0.25, 0.3) is 0 Å². The number of anilines is 1. The second-order valence-corrected chi connectivity index (χ2v) is 7.86. The molecule has 1 unspecified atom stereocenters. The van der Waals surface area contributed by atoms with Crippen LogP contribution in [0.25, 0.3) is 0 Å². The number of guanidine groups is 1. The highest BCUT2D eigenvalue weighted by molar-refractivity contribution is 5.80. The van der Waals surface area contributed by atoms with Gasteiger partial charge in [0, 0.05) is 36.8 Å². The first-order valence-electron chi connectivity index (χ1n) is 9.63.